The first kappa shape index (κ1) is 8.55. The highest BCUT2D eigenvalue weighted by Crippen LogP contribution is 2.22. The van der Waals surface area contributed by atoms with Crippen molar-refractivity contribution < 1.29 is 0 Å². The van der Waals surface area contributed by atoms with E-state index in [2.05, 4.69) is 39.0 Å². The minimum Gasteiger partial charge on any atom is -0.154 e. The molecule has 0 aliphatic carbocycles. The smallest absolute Gasteiger partial charge is 0.154 e. The van der Waals surface area contributed by atoms with Crippen LogP contribution in [0.25, 0.3) is 10.1 Å². The fourth-order valence-corrected chi connectivity index (χ4v) is 2.20. The molecule has 73 valence electrons. The van der Waals surface area contributed by atoms with Gasteiger partial charge in [-0.15, -0.1) is 21.5 Å². The lowest BCUT2D eigenvalue weighted by Crippen LogP contribution is -2.00. The van der Waals surface area contributed by atoms with E-state index < -0.39 is 0 Å². The quantitative estimate of drug-likeness (QED) is 0.656. The maximum atomic E-state index is 3.92. The molecule has 2 aromatic heterocycles. The van der Waals surface area contributed by atoms with E-state index in [1.165, 1.54) is 21.2 Å². The summed E-state index contributed by atoms with van der Waals surface area (Å²) in [5, 5.41) is 14.7. The van der Waals surface area contributed by atoms with Gasteiger partial charge in [0.15, 0.2) is 6.33 Å². The van der Waals surface area contributed by atoms with Gasteiger partial charge >= 0.3 is 0 Å². The van der Waals surface area contributed by atoms with Gasteiger partial charge in [-0.2, -0.15) is 4.80 Å². The lowest BCUT2D eigenvalue weighted by molar-refractivity contribution is 0.677. The van der Waals surface area contributed by atoms with E-state index in [0.29, 0.717) is 0 Å². The molecule has 0 unspecified atom stereocenters. The Morgan fingerprint density at radius 3 is 3.13 bits per heavy atom. The summed E-state index contributed by atoms with van der Waals surface area (Å²) in [7, 11) is 0. The SMILES string of the molecule is [CH](c1ccc2sccc2c1)n1ncnn1. The van der Waals surface area contributed by atoms with E-state index in [1.54, 1.807) is 11.3 Å². The van der Waals surface area contributed by atoms with Crippen molar-refractivity contribution in [3.05, 3.63) is 48.1 Å². The van der Waals surface area contributed by atoms with E-state index in [-0.39, 0.29) is 0 Å². The standard InChI is InChI=1S/C10H7N4S/c1-2-10-9(3-4-15-10)5-8(1)6-14-12-7-11-13-14/h1-7H. The van der Waals surface area contributed by atoms with Gasteiger partial charge in [0, 0.05) is 4.70 Å². The van der Waals surface area contributed by atoms with Gasteiger partial charge in [-0.3, -0.25) is 0 Å². The number of fused-ring (bicyclic) bond motifs is 1. The molecule has 0 saturated carbocycles. The Morgan fingerprint density at radius 1 is 1.27 bits per heavy atom. The first-order chi connectivity index (χ1) is 7.42. The Hall–Kier alpha value is -1.75. The Kier molecular flexibility index (Phi) is 1.96. The highest BCUT2D eigenvalue weighted by Gasteiger charge is 2.00. The van der Waals surface area contributed by atoms with E-state index in [0.717, 1.165) is 5.56 Å². The van der Waals surface area contributed by atoms with Crippen molar-refractivity contribution in [1.29, 1.82) is 0 Å². The number of thiophene rings is 1. The first-order valence-electron chi connectivity index (χ1n) is 4.46. The molecule has 15 heavy (non-hydrogen) atoms. The molecule has 0 aliphatic heterocycles. The van der Waals surface area contributed by atoms with Gasteiger partial charge in [-0.1, -0.05) is 6.07 Å². The van der Waals surface area contributed by atoms with Crippen LogP contribution in [0.2, 0.25) is 0 Å². The predicted molar refractivity (Wildman–Crippen MR) is 58.4 cm³/mol. The lowest BCUT2D eigenvalue weighted by atomic mass is 10.2. The van der Waals surface area contributed by atoms with Crippen molar-refractivity contribution in [1.82, 2.24) is 20.2 Å². The summed E-state index contributed by atoms with van der Waals surface area (Å²) in [6.45, 7) is 1.84. The third-order valence-corrected chi connectivity index (χ3v) is 3.00. The summed E-state index contributed by atoms with van der Waals surface area (Å²) in [6, 6.07) is 8.35. The summed E-state index contributed by atoms with van der Waals surface area (Å²) < 4.78 is 1.29. The highest BCUT2D eigenvalue weighted by atomic mass is 32.1. The molecular formula is C10H7N4S. The zero-order chi connectivity index (χ0) is 10.1. The average Bonchev–Trinajstić information content (AvgIpc) is 2.87. The third kappa shape index (κ3) is 1.61. The molecule has 0 fully saturated rings. The number of aromatic nitrogens is 4. The first-order valence-corrected chi connectivity index (χ1v) is 5.34. The zero-order valence-corrected chi connectivity index (χ0v) is 8.56. The van der Waals surface area contributed by atoms with Crippen molar-refractivity contribution in [3.8, 4) is 0 Å². The molecule has 0 bridgehead atoms. The molecule has 0 saturated heterocycles. The average molecular weight is 215 g/mol. The van der Waals surface area contributed by atoms with Gasteiger partial charge < -0.3 is 0 Å². The van der Waals surface area contributed by atoms with Gasteiger partial charge in [0.25, 0.3) is 0 Å². The van der Waals surface area contributed by atoms with Gasteiger partial charge in [-0.05, 0) is 39.7 Å². The molecule has 3 aromatic rings. The fraction of sp³-hybridized carbons (Fsp3) is 0. The molecule has 0 atom stereocenters. The van der Waals surface area contributed by atoms with Crippen molar-refractivity contribution in [2.24, 2.45) is 0 Å². The van der Waals surface area contributed by atoms with Crippen LogP contribution in [0.1, 0.15) is 5.56 Å². The van der Waals surface area contributed by atoms with Crippen LogP contribution in [0.5, 0.6) is 0 Å². The molecule has 1 radical (unpaired) electrons. The number of tetrazole rings is 1. The van der Waals surface area contributed by atoms with Crippen LogP contribution in [0.4, 0.5) is 0 Å². The second kappa shape index (κ2) is 3.43. The van der Waals surface area contributed by atoms with Crippen molar-refractivity contribution in [3.63, 3.8) is 0 Å². The summed E-state index contributed by atoms with van der Waals surface area (Å²) in [6.07, 6.45) is 1.42. The van der Waals surface area contributed by atoms with E-state index >= 15 is 0 Å². The van der Waals surface area contributed by atoms with Gasteiger partial charge in [0.05, 0.1) is 0 Å². The van der Waals surface area contributed by atoms with Crippen LogP contribution in [0.15, 0.2) is 36.0 Å². The number of hydrogen-bond donors (Lipinski definition) is 0. The van der Waals surface area contributed by atoms with Crippen molar-refractivity contribution in [2.45, 2.75) is 0 Å². The Labute approximate surface area is 90.2 Å². The molecule has 1 aromatic carbocycles. The van der Waals surface area contributed by atoms with Crippen molar-refractivity contribution in [2.75, 3.05) is 0 Å². The minimum atomic E-state index is 1.07. The topological polar surface area (TPSA) is 43.6 Å². The molecule has 5 heteroatoms. The van der Waals surface area contributed by atoms with Crippen LogP contribution < -0.4 is 0 Å². The van der Waals surface area contributed by atoms with E-state index in [9.17, 15) is 0 Å². The van der Waals surface area contributed by atoms with Crippen LogP contribution in [-0.4, -0.2) is 20.2 Å². The maximum absolute atomic E-state index is 3.92. The number of hydrogen-bond acceptors (Lipinski definition) is 4. The second-order valence-corrected chi connectivity index (χ2v) is 4.05. The Balaban J connectivity index is 1.97. The molecule has 4 nitrogen and oxygen atoms in total. The zero-order valence-electron chi connectivity index (χ0n) is 7.74. The van der Waals surface area contributed by atoms with Crippen LogP contribution in [-0.2, 0) is 0 Å². The van der Waals surface area contributed by atoms with Crippen LogP contribution >= 0.6 is 11.3 Å². The summed E-state index contributed by atoms with van der Waals surface area (Å²) in [4.78, 5) is 1.45. The molecule has 0 spiro atoms. The number of nitrogens with zero attached hydrogens (tertiary/aromatic N) is 4. The molecular weight excluding hydrogens is 208 g/mol. The second-order valence-electron chi connectivity index (χ2n) is 3.10. The maximum Gasteiger partial charge on any atom is 0.162 e. The molecule has 0 aliphatic rings. The Morgan fingerprint density at radius 2 is 2.27 bits per heavy atom. The largest absolute Gasteiger partial charge is 0.162 e. The monoisotopic (exact) mass is 215 g/mol. The fourth-order valence-electron chi connectivity index (χ4n) is 1.43. The third-order valence-electron chi connectivity index (χ3n) is 2.11. The van der Waals surface area contributed by atoms with Crippen LogP contribution in [0, 0.1) is 6.54 Å². The van der Waals surface area contributed by atoms with Crippen molar-refractivity contribution >= 4 is 21.4 Å². The Bertz CT molecular complexity index is 570. The highest BCUT2D eigenvalue weighted by molar-refractivity contribution is 7.17. The normalized spacial score (nSPS) is 10.9. The van der Waals surface area contributed by atoms with Gasteiger partial charge in [0.1, 0.15) is 6.54 Å². The molecule has 0 amide bonds. The minimum absolute atomic E-state index is 1.07. The molecule has 3 rings (SSSR count). The lowest BCUT2D eigenvalue weighted by Gasteiger charge is -1.98. The molecule has 0 N–H and O–H groups in total. The van der Waals surface area contributed by atoms with Gasteiger partial charge in [-0.25, -0.2) is 0 Å². The molecule has 2 heterocycles. The van der Waals surface area contributed by atoms with Gasteiger partial charge in [0.2, 0.25) is 0 Å². The summed E-state index contributed by atoms with van der Waals surface area (Å²) >= 11 is 1.74. The number of rotatable bonds is 2. The van der Waals surface area contributed by atoms with E-state index in [4.69, 9.17) is 0 Å². The predicted octanol–water partition coefficient (Wildman–Crippen LogP) is 1.95. The summed E-state index contributed by atoms with van der Waals surface area (Å²) in [5.41, 5.74) is 1.07. The van der Waals surface area contributed by atoms with E-state index in [1.807, 2.05) is 12.6 Å². The number of benzene rings is 1. The summed E-state index contributed by atoms with van der Waals surface area (Å²) in [5.74, 6) is 0. The van der Waals surface area contributed by atoms with Crippen LogP contribution in [0.3, 0.4) is 0 Å².